The molecular formula is C14H17F6N3O. The molecule has 1 atom stereocenters. The van der Waals surface area contributed by atoms with E-state index in [0.29, 0.717) is 19.4 Å². The van der Waals surface area contributed by atoms with Crippen molar-refractivity contribution >= 4 is 5.91 Å². The molecule has 0 saturated heterocycles. The minimum atomic E-state index is -4.96. The maximum atomic E-state index is 12.9. The smallest absolute Gasteiger partial charge is 0.350 e. The molecule has 1 aromatic rings. The number of alkyl halides is 6. The van der Waals surface area contributed by atoms with Crippen LogP contribution in [-0.2, 0) is 12.4 Å². The van der Waals surface area contributed by atoms with Gasteiger partial charge in [0, 0.05) is 12.6 Å². The zero-order chi connectivity index (χ0) is 18.5. The molecule has 0 saturated carbocycles. The van der Waals surface area contributed by atoms with Gasteiger partial charge in [0.05, 0.1) is 16.7 Å². The first-order valence-electron chi connectivity index (χ1n) is 6.99. The van der Waals surface area contributed by atoms with E-state index in [9.17, 15) is 31.1 Å². The standard InChI is InChI=1S/C14H17F6N3O/c15-13(16,17)8-3-4-11(14(18,19)20)10(6-8)12(24)23-7-9(22)2-1-5-21/h3-4,6,9H,1-2,5,7,21-22H2,(H,23,24). The van der Waals surface area contributed by atoms with Crippen molar-refractivity contribution in [2.24, 2.45) is 11.5 Å². The number of hydrogen-bond acceptors (Lipinski definition) is 3. The van der Waals surface area contributed by atoms with Gasteiger partial charge in [0.25, 0.3) is 5.91 Å². The van der Waals surface area contributed by atoms with Crippen LogP contribution in [0.2, 0.25) is 0 Å². The topological polar surface area (TPSA) is 81.1 Å². The molecule has 1 aromatic carbocycles. The molecule has 1 amide bonds. The molecule has 0 aliphatic carbocycles. The first-order chi connectivity index (χ1) is 11.0. The summed E-state index contributed by atoms with van der Waals surface area (Å²) >= 11 is 0. The normalized spacial score (nSPS) is 13.7. The van der Waals surface area contributed by atoms with Crippen LogP contribution in [0.15, 0.2) is 18.2 Å². The lowest BCUT2D eigenvalue weighted by atomic mass is 10.0. The lowest BCUT2D eigenvalue weighted by Crippen LogP contribution is -2.38. The number of carbonyl (C=O) groups is 1. The molecule has 4 nitrogen and oxygen atoms in total. The Kier molecular flexibility index (Phi) is 6.61. The fraction of sp³-hybridized carbons (Fsp3) is 0.500. The van der Waals surface area contributed by atoms with Crippen LogP contribution in [0.1, 0.15) is 34.3 Å². The quantitative estimate of drug-likeness (QED) is 0.685. The third-order valence-electron chi connectivity index (χ3n) is 3.20. The first kappa shape index (κ1) is 20.2. The van der Waals surface area contributed by atoms with Crippen LogP contribution in [0.5, 0.6) is 0 Å². The molecule has 24 heavy (non-hydrogen) atoms. The van der Waals surface area contributed by atoms with Crippen molar-refractivity contribution < 1.29 is 31.1 Å². The Morgan fingerprint density at radius 3 is 2.25 bits per heavy atom. The first-order valence-corrected chi connectivity index (χ1v) is 6.99. The Bertz CT molecular complexity index is 571. The van der Waals surface area contributed by atoms with E-state index in [1.807, 2.05) is 0 Å². The van der Waals surface area contributed by atoms with E-state index in [4.69, 9.17) is 11.5 Å². The van der Waals surface area contributed by atoms with Crippen molar-refractivity contribution in [2.75, 3.05) is 13.1 Å². The Labute approximate surface area is 134 Å². The Morgan fingerprint density at radius 2 is 1.75 bits per heavy atom. The molecule has 0 heterocycles. The number of amides is 1. The van der Waals surface area contributed by atoms with Crippen molar-refractivity contribution in [3.05, 3.63) is 34.9 Å². The second-order valence-electron chi connectivity index (χ2n) is 5.16. The van der Waals surface area contributed by atoms with Crippen molar-refractivity contribution in [3.63, 3.8) is 0 Å². The summed E-state index contributed by atoms with van der Waals surface area (Å²) in [6.07, 6.45) is -8.85. The molecule has 136 valence electrons. The summed E-state index contributed by atoms with van der Waals surface area (Å²) in [7, 11) is 0. The average Bonchev–Trinajstić information content (AvgIpc) is 2.48. The highest BCUT2D eigenvalue weighted by Crippen LogP contribution is 2.36. The molecule has 1 unspecified atom stereocenters. The Morgan fingerprint density at radius 1 is 1.12 bits per heavy atom. The molecule has 5 N–H and O–H groups in total. The van der Waals surface area contributed by atoms with Gasteiger partial charge in [0.1, 0.15) is 0 Å². The number of nitrogens with two attached hydrogens (primary N) is 2. The van der Waals surface area contributed by atoms with Gasteiger partial charge in [-0.15, -0.1) is 0 Å². The van der Waals surface area contributed by atoms with Crippen molar-refractivity contribution in [1.29, 1.82) is 0 Å². The average molecular weight is 357 g/mol. The highest BCUT2D eigenvalue weighted by molar-refractivity contribution is 5.96. The van der Waals surface area contributed by atoms with Gasteiger partial charge < -0.3 is 16.8 Å². The number of hydrogen-bond donors (Lipinski definition) is 3. The van der Waals surface area contributed by atoms with Gasteiger partial charge in [-0.2, -0.15) is 26.3 Å². The maximum Gasteiger partial charge on any atom is 0.417 e. The van der Waals surface area contributed by atoms with E-state index in [-0.39, 0.29) is 24.7 Å². The summed E-state index contributed by atoms with van der Waals surface area (Å²) in [5.41, 5.74) is 7.04. The minimum Gasteiger partial charge on any atom is -0.350 e. The fourth-order valence-corrected chi connectivity index (χ4v) is 1.96. The molecule has 0 aliphatic rings. The van der Waals surface area contributed by atoms with Gasteiger partial charge in [-0.1, -0.05) is 0 Å². The highest BCUT2D eigenvalue weighted by Gasteiger charge is 2.38. The number of benzene rings is 1. The van der Waals surface area contributed by atoms with Crippen LogP contribution in [0.4, 0.5) is 26.3 Å². The van der Waals surface area contributed by atoms with Crippen molar-refractivity contribution in [1.82, 2.24) is 5.32 Å². The number of carbonyl (C=O) groups excluding carboxylic acids is 1. The van der Waals surface area contributed by atoms with Crippen LogP contribution < -0.4 is 16.8 Å². The van der Waals surface area contributed by atoms with Crippen LogP contribution in [0.3, 0.4) is 0 Å². The fourth-order valence-electron chi connectivity index (χ4n) is 1.96. The van der Waals surface area contributed by atoms with Crippen molar-refractivity contribution in [2.45, 2.75) is 31.2 Å². The number of rotatable bonds is 6. The van der Waals surface area contributed by atoms with Crippen molar-refractivity contribution in [3.8, 4) is 0 Å². The van der Waals surface area contributed by atoms with Crippen LogP contribution >= 0.6 is 0 Å². The van der Waals surface area contributed by atoms with Gasteiger partial charge in [-0.25, -0.2) is 0 Å². The molecule has 0 aliphatic heterocycles. The monoisotopic (exact) mass is 357 g/mol. The van der Waals surface area contributed by atoms with E-state index >= 15 is 0 Å². The lowest BCUT2D eigenvalue weighted by Gasteiger charge is -2.17. The summed E-state index contributed by atoms with van der Waals surface area (Å²) in [6, 6.07) is 0.153. The van der Waals surface area contributed by atoms with E-state index in [1.54, 1.807) is 0 Å². The highest BCUT2D eigenvalue weighted by atomic mass is 19.4. The van der Waals surface area contributed by atoms with Crippen LogP contribution in [0.25, 0.3) is 0 Å². The molecule has 10 heteroatoms. The minimum absolute atomic E-state index is 0.174. The van der Waals surface area contributed by atoms with Gasteiger partial charge >= 0.3 is 12.4 Å². The molecule has 0 aromatic heterocycles. The molecule has 0 fully saturated rings. The molecule has 0 bridgehead atoms. The Hall–Kier alpha value is -1.81. The largest absolute Gasteiger partial charge is 0.417 e. The summed E-state index contributed by atoms with van der Waals surface area (Å²) < 4.78 is 76.7. The second-order valence-corrected chi connectivity index (χ2v) is 5.16. The molecular weight excluding hydrogens is 340 g/mol. The molecule has 1 rings (SSSR count). The number of nitrogens with one attached hydrogen (secondary N) is 1. The zero-order valence-electron chi connectivity index (χ0n) is 12.5. The summed E-state index contributed by atoms with van der Waals surface area (Å²) in [5, 5.41) is 2.13. The third-order valence-corrected chi connectivity index (χ3v) is 3.20. The lowest BCUT2D eigenvalue weighted by molar-refractivity contribution is -0.141. The van der Waals surface area contributed by atoms with E-state index in [2.05, 4.69) is 5.32 Å². The summed E-state index contributed by atoms with van der Waals surface area (Å²) in [4.78, 5) is 11.9. The second kappa shape index (κ2) is 7.84. The third kappa shape index (κ3) is 5.68. The maximum absolute atomic E-state index is 12.9. The van der Waals surface area contributed by atoms with Gasteiger partial charge in [0.15, 0.2) is 0 Å². The predicted molar refractivity (Wildman–Crippen MR) is 75.0 cm³/mol. The molecule has 0 radical (unpaired) electrons. The predicted octanol–water partition coefficient (Wildman–Crippen LogP) is 2.52. The zero-order valence-corrected chi connectivity index (χ0v) is 12.5. The van der Waals surface area contributed by atoms with Crippen LogP contribution in [0, 0.1) is 0 Å². The van der Waals surface area contributed by atoms with E-state index in [1.165, 1.54) is 0 Å². The van der Waals surface area contributed by atoms with E-state index < -0.39 is 41.0 Å². The van der Waals surface area contributed by atoms with Gasteiger partial charge in [-0.05, 0) is 37.6 Å². The summed E-state index contributed by atoms with van der Waals surface area (Å²) in [6.45, 7) is 0.180. The molecule has 0 spiro atoms. The SMILES string of the molecule is NCCCC(N)CNC(=O)c1cc(C(F)(F)F)ccc1C(F)(F)F. The Balaban J connectivity index is 3.03. The van der Waals surface area contributed by atoms with Gasteiger partial charge in [0.2, 0.25) is 0 Å². The summed E-state index contributed by atoms with van der Waals surface area (Å²) in [5.74, 6) is -1.27. The van der Waals surface area contributed by atoms with E-state index in [0.717, 1.165) is 0 Å². The van der Waals surface area contributed by atoms with Crippen LogP contribution in [-0.4, -0.2) is 25.0 Å². The van der Waals surface area contributed by atoms with Gasteiger partial charge in [-0.3, -0.25) is 4.79 Å². The number of halogens is 6.